The van der Waals surface area contributed by atoms with Gasteiger partial charge >= 0.3 is 18.1 Å². The third-order valence-corrected chi connectivity index (χ3v) is 4.55. The Morgan fingerprint density at radius 3 is 1.82 bits per heavy atom. The van der Waals surface area contributed by atoms with Gasteiger partial charge in [0.15, 0.2) is 0 Å². The number of carbonyl (C=O) groups excluding carboxylic acids is 1. The molecule has 0 radical (unpaired) electrons. The first-order valence-electron chi connectivity index (χ1n) is 9.93. The lowest BCUT2D eigenvalue weighted by Gasteiger charge is -2.16. The normalized spacial score (nSPS) is 11.9. The van der Waals surface area contributed by atoms with Crippen LogP contribution in [0.2, 0.25) is 0 Å². The zero-order chi connectivity index (χ0) is 24.7. The van der Waals surface area contributed by atoms with Gasteiger partial charge in [-0.05, 0) is 66.2 Å². The van der Waals surface area contributed by atoms with Crippen molar-refractivity contribution in [2.75, 3.05) is 7.11 Å². The van der Waals surface area contributed by atoms with Gasteiger partial charge in [0, 0.05) is 6.42 Å². The van der Waals surface area contributed by atoms with Crippen LogP contribution in [0.15, 0.2) is 72.8 Å². The van der Waals surface area contributed by atoms with E-state index in [4.69, 9.17) is 14.2 Å². The van der Waals surface area contributed by atoms with Crippen molar-refractivity contribution in [1.82, 2.24) is 5.32 Å². The highest BCUT2D eigenvalue weighted by molar-refractivity contribution is 5.87. The third kappa shape index (κ3) is 6.89. The average Bonchev–Trinajstić information content (AvgIpc) is 2.80. The van der Waals surface area contributed by atoms with Gasteiger partial charge in [0.05, 0.1) is 7.11 Å². The molecule has 0 bridgehead atoms. The smallest absolute Gasteiger partial charge is 0.471 e. The molecule has 0 aliphatic carbocycles. The Morgan fingerprint density at radius 1 is 0.853 bits per heavy atom. The van der Waals surface area contributed by atoms with Crippen LogP contribution in [0.3, 0.4) is 0 Å². The second-order valence-corrected chi connectivity index (χ2v) is 7.06. The van der Waals surface area contributed by atoms with Gasteiger partial charge in [0.25, 0.3) is 0 Å². The number of carboxylic acid groups (broad SMARTS) is 1. The van der Waals surface area contributed by atoms with Crippen LogP contribution in [0.25, 0.3) is 0 Å². The minimum Gasteiger partial charge on any atom is -0.497 e. The maximum atomic E-state index is 12.5. The van der Waals surface area contributed by atoms with Crippen molar-refractivity contribution in [2.24, 2.45) is 0 Å². The summed E-state index contributed by atoms with van der Waals surface area (Å²) in [5, 5.41) is 10.7. The maximum Gasteiger partial charge on any atom is 0.471 e. The monoisotopic (exact) mass is 475 g/mol. The van der Waals surface area contributed by atoms with Crippen molar-refractivity contribution in [3.8, 4) is 28.7 Å². The molecule has 3 rings (SSSR count). The number of hydrogen-bond acceptors (Lipinski definition) is 5. The Balaban J connectivity index is 1.63. The van der Waals surface area contributed by atoms with Gasteiger partial charge in [-0.25, -0.2) is 4.79 Å². The molecule has 0 heterocycles. The molecule has 3 aromatic rings. The summed E-state index contributed by atoms with van der Waals surface area (Å²) in [6.07, 6.45) is -5.54. The molecule has 2 N–H and O–H groups in total. The summed E-state index contributed by atoms with van der Waals surface area (Å²) in [5.41, 5.74) is 0.367. The van der Waals surface area contributed by atoms with Crippen molar-refractivity contribution in [3.63, 3.8) is 0 Å². The summed E-state index contributed by atoms with van der Waals surface area (Å²) in [6.45, 7) is 0. The molecule has 0 aliphatic rings. The highest BCUT2D eigenvalue weighted by Gasteiger charge is 2.40. The highest BCUT2D eigenvalue weighted by atomic mass is 19.4. The Kier molecular flexibility index (Phi) is 7.62. The van der Waals surface area contributed by atoms with E-state index in [1.807, 2.05) is 0 Å². The summed E-state index contributed by atoms with van der Waals surface area (Å²) >= 11 is 0. The predicted molar refractivity (Wildman–Crippen MR) is 115 cm³/mol. The van der Waals surface area contributed by atoms with Crippen LogP contribution in [-0.4, -0.2) is 36.3 Å². The second kappa shape index (κ2) is 10.6. The number of nitrogens with one attached hydrogen (secondary N) is 1. The summed E-state index contributed by atoms with van der Waals surface area (Å²) < 4.78 is 54.0. The number of methoxy groups -OCH3 is 1. The molecule has 0 unspecified atom stereocenters. The van der Waals surface area contributed by atoms with Crippen molar-refractivity contribution in [1.29, 1.82) is 0 Å². The maximum absolute atomic E-state index is 12.5. The van der Waals surface area contributed by atoms with Gasteiger partial charge in [0.1, 0.15) is 34.8 Å². The Morgan fingerprint density at radius 2 is 1.35 bits per heavy atom. The molecule has 7 nitrogen and oxygen atoms in total. The molecular formula is C24H20F3NO6. The standard InChI is InChI=1S/C24H20F3NO6/c1-32-16-5-7-17(8-6-16)33-18-9-11-19(12-10-18)34-20-4-2-3-15(13-20)14-21(22(29)30)28-23(31)24(25,26)27/h2-13,21H,14H2,1H3,(H,28,31)(H,29,30)/t21-/m0/s1. The van der Waals surface area contributed by atoms with Crippen LogP contribution >= 0.6 is 0 Å². The second-order valence-electron chi connectivity index (χ2n) is 7.06. The molecule has 0 saturated carbocycles. The van der Waals surface area contributed by atoms with E-state index in [1.54, 1.807) is 67.8 Å². The molecule has 0 aromatic heterocycles. The topological polar surface area (TPSA) is 94.1 Å². The van der Waals surface area contributed by atoms with Crippen LogP contribution in [0.5, 0.6) is 28.7 Å². The number of rotatable bonds is 9. The minimum absolute atomic E-state index is 0.340. The number of ether oxygens (including phenoxy) is 3. The molecule has 1 amide bonds. The fourth-order valence-electron chi connectivity index (χ4n) is 2.90. The first kappa shape index (κ1) is 24.4. The van der Waals surface area contributed by atoms with Crippen LogP contribution < -0.4 is 19.5 Å². The molecule has 10 heteroatoms. The van der Waals surface area contributed by atoms with Crippen LogP contribution in [0.1, 0.15) is 5.56 Å². The number of amides is 1. The number of carboxylic acids is 1. The fourth-order valence-corrected chi connectivity index (χ4v) is 2.90. The minimum atomic E-state index is -5.18. The lowest BCUT2D eigenvalue weighted by atomic mass is 10.1. The van der Waals surface area contributed by atoms with Crippen molar-refractivity contribution >= 4 is 11.9 Å². The molecule has 0 saturated heterocycles. The quantitative estimate of drug-likeness (QED) is 0.455. The Labute approximate surface area is 192 Å². The molecule has 178 valence electrons. The summed E-state index contributed by atoms with van der Waals surface area (Å²) in [5.74, 6) is -1.22. The van der Waals surface area contributed by atoms with Gasteiger partial charge in [-0.15, -0.1) is 0 Å². The lowest BCUT2D eigenvalue weighted by molar-refractivity contribution is -0.175. The van der Waals surface area contributed by atoms with Gasteiger partial charge in [-0.1, -0.05) is 12.1 Å². The van der Waals surface area contributed by atoms with Crippen LogP contribution in [0, 0.1) is 0 Å². The van der Waals surface area contributed by atoms with Crippen LogP contribution in [0.4, 0.5) is 13.2 Å². The average molecular weight is 475 g/mol. The number of hydrogen-bond donors (Lipinski definition) is 2. The van der Waals surface area contributed by atoms with Crippen molar-refractivity contribution < 1.29 is 42.1 Å². The van der Waals surface area contributed by atoms with Gasteiger partial charge in [-0.3, -0.25) is 4.79 Å². The molecular weight excluding hydrogens is 455 g/mol. The molecule has 0 spiro atoms. The molecule has 0 aliphatic heterocycles. The van der Waals surface area contributed by atoms with E-state index in [0.717, 1.165) is 0 Å². The Bertz CT molecular complexity index is 1130. The van der Waals surface area contributed by atoms with Crippen molar-refractivity contribution in [3.05, 3.63) is 78.4 Å². The molecule has 1 atom stereocenters. The van der Waals surface area contributed by atoms with E-state index in [1.165, 1.54) is 17.4 Å². The highest BCUT2D eigenvalue weighted by Crippen LogP contribution is 2.28. The SMILES string of the molecule is COc1ccc(Oc2ccc(Oc3cccc(C[C@H](NC(=O)C(F)(F)F)C(=O)O)c3)cc2)cc1. The third-order valence-electron chi connectivity index (χ3n) is 4.55. The van der Waals surface area contributed by atoms with E-state index in [2.05, 4.69) is 0 Å². The molecule has 34 heavy (non-hydrogen) atoms. The zero-order valence-corrected chi connectivity index (χ0v) is 17.8. The van der Waals surface area contributed by atoms with Gasteiger partial charge in [-0.2, -0.15) is 13.2 Å². The van der Waals surface area contributed by atoms with E-state index in [0.29, 0.717) is 34.3 Å². The van der Waals surface area contributed by atoms with Gasteiger partial charge < -0.3 is 24.6 Å². The molecule has 3 aromatic carbocycles. The fraction of sp³-hybridized carbons (Fsp3) is 0.167. The zero-order valence-electron chi connectivity index (χ0n) is 17.8. The van der Waals surface area contributed by atoms with Gasteiger partial charge in [0.2, 0.25) is 0 Å². The van der Waals surface area contributed by atoms with E-state index >= 15 is 0 Å². The first-order valence-corrected chi connectivity index (χ1v) is 9.93. The predicted octanol–water partition coefficient (Wildman–Crippen LogP) is 4.95. The molecule has 0 fully saturated rings. The number of alkyl halides is 3. The van der Waals surface area contributed by atoms with E-state index < -0.39 is 24.1 Å². The first-order chi connectivity index (χ1) is 16.1. The number of benzene rings is 3. The number of carbonyl (C=O) groups is 2. The number of halogens is 3. The summed E-state index contributed by atoms with van der Waals surface area (Å²) in [6, 6.07) is 18.2. The lowest BCUT2D eigenvalue weighted by Crippen LogP contribution is -2.47. The van der Waals surface area contributed by atoms with E-state index in [9.17, 15) is 27.9 Å². The summed E-state index contributed by atoms with van der Waals surface area (Å²) in [4.78, 5) is 22.4. The van der Waals surface area contributed by atoms with Crippen molar-refractivity contribution in [2.45, 2.75) is 18.6 Å². The summed E-state index contributed by atoms with van der Waals surface area (Å²) in [7, 11) is 1.57. The largest absolute Gasteiger partial charge is 0.497 e. The Hall–Kier alpha value is -4.21. The van der Waals surface area contributed by atoms with Crippen LogP contribution in [-0.2, 0) is 16.0 Å². The number of aliphatic carboxylic acids is 1. The van der Waals surface area contributed by atoms with E-state index in [-0.39, 0.29) is 6.42 Å².